The number of rotatable bonds is 4. The molecule has 1 saturated heterocycles. The Bertz CT molecular complexity index is 375. The Hall–Kier alpha value is -1.39. The predicted octanol–water partition coefficient (Wildman–Crippen LogP) is 1.24. The molecule has 0 bridgehead atoms. The van der Waals surface area contributed by atoms with E-state index in [0.29, 0.717) is 0 Å². The summed E-state index contributed by atoms with van der Waals surface area (Å²) in [5.41, 5.74) is 0.895. The molecule has 4 nitrogen and oxygen atoms in total. The van der Waals surface area contributed by atoms with E-state index >= 15 is 0 Å². The van der Waals surface area contributed by atoms with Crippen LogP contribution in [0.3, 0.4) is 0 Å². The number of ether oxygens (including phenoxy) is 1. The molecule has 0 aliphatic carbocycles. The molecule has 1 amide bonds. The quantitative estimate of drug-likeness (QED) is 0.843. The van der Waals surface area contributed by atoms with Gasteiger partial charge in [-0.1, -0.05) is 30.3 Å². The lowest BCUT2D eigenvalue weighted by Crippen LogP contribution is -2.44. The third-order valence-electron chi connectivity index (χ3n) is 3.26. The fourth-order valence-electron chi connectivity index (χ4n) is 2.27. The molecule has 0 saturated carbocycles. The first-order chi connectivity index (χ1) is 8.81. The number of methoxy groups -OCH3 is 1. The largest absolute Gasteiger partial charge is 0.367 e. The van der Waals surface area contributed by atoms with Crippen LogP contribution in [-0.2, 0) is 9.53 Å². The lowest BCUT2D eigenvalue weighted by Gasteiger charge is -2.25. The van der Waals surface area contributed by atoms with Crippen LogP contribution in [0.2, 0.25) is 0 Å². The van der Waals surface area contributed by atoms with Crippen molar-refractivity contribution in [2.75, 3.05) is 20.2 Å². The van der Waals surface area contributed by atoms with E-state index in [1.807, 2.05) is 30.3 Å². The van der Waals surface area contributed by atoms with Crippen molar-refractivity contribution in [2.45, 2.75) is 25.0 Å². The fraction of sp³-hybridized carbons (Fsp3) is 0.500. The molecule has 0 unspecified atom stereocenters. The van der Waals surface area contributed by atoms with E-state index < -0.39 is 6.10 Å². The number of nitrogens with one attached hydrogen (secondary N) is 2. The molecule has 1 aromatic carbocycles. The molecular formula is C14H20N2O2. The van der Waals surface area contributed by atoms with Gasteiger partial charge in [0.15, 0.2) is 6.10 Å². The van der Waals surface area contributed by atoms with Gasteiger partial charge in [0.2, 0.25) is 0 Å². The molecular weight excluding hydrogens is 228 g/mol. The summed E-state index contributed by atoms with van der Waals surface area (Å²) in [4.78, 5) is 12.2. The fourth-order valence-corrected chi connectivity index (χ4v) is 2.27. The Kier molecular flexibility index (Phi) is 4.73. The van der Waals surface area contributed by atoms with E-state index in [1.165, 1.54) is 0 Å². The van der Waals surface area contributed by atoms with Gasteiger partial charge in [-0.15, -0.1) is 0 Å². The van der Waals surface area contributed by atoms with Crippen LogP contribution < -0.4 is 10.6 Å². The molecule has 1 aliphatic heterocycles. The van der Waals surface area contributed by atoms with Crippen molar-refractivity contribution in [3.05, 3.63) is 35.9 Å². The third-order valence-corrected chi connectivity index (χ3v) is 3.26. The molecule has 2 rings (SSSR count). The topological polar surface area (TPSA) is 50.4 Å². The van der Waals surface area contributed by atoms with Crippen LogP contribution >= 0.6 is 0 Å². The van der Waals surface area contributed by atoms with E-state index in [4.69, 9.17) is 4.74 Å². The maximum absolute atomic E-state index is 12.2. The minimum atomic E-state index is -0.513. The first kappa shape index (κ1) is 13.1. The SMILES string of the molecule is CO[C@H](C(=O)NC1CCNCC1)c1ccccc1. The zero-order chi connectivity index (χ0) is 12.8. The molecule has 1 heterocycles. The van der Waals surface area contributed by atoms with Crippen LogP contribution in [-0.4, -0.2) is 32.1 Å². The molecule has 1 aromatic rings. The lowest BCUT2D eigenvalue weighted by molar-refractivity contribution is -0.132. The van der Waals surface area contributed by atoms with Crippen LogP contribution in [0.4, 0.5) is 0 Å². The number of piperidine rings is 1. The average Bonchev–Trinajstić information content (AvgIpc) is 2.42. The molecule has 1 atom stereocenters. The summed E-state index contributed by atoms with van der Waals surface area (Å²) in [5, 5.41) is 6.34. The van der Waals surface area contributed by atoms with Crippen LogP contribution in [0.5, 0.6) is 0 Å². The Morgan fingerprint density at radius 2 is 2.00 bits per heavy atom. The molecule has 2 N–H and O–H groups in total. The van der Waals surface area contributed by atoms with Crippen LogP contribution in [0, 0.1) is 0 Å². The summed E-state index contributed by atoms with van der Waals surface area (Å²) in [6.07, 6.45) is 1.45. The van der Waals surface area contributed by atoms with Gasteiger partial charge in [0.1, 0.15) is 0 Å². The molecule has 18 heavy (non-hydrogen) atoms. The Balaban J connectivity index is 1.97. The van der Waals surface area contributed by atoms with E-state index in [0.717, 1.165) is 31.5 Å². The van der Waals surface area contributed by atoms with Gasteiger partial charge in [0.25, 0.3) is 5.91 Å². The van der Waals surface area contributed by atoms with Gasteiger partial charge in [0, 0.05) is 13.2 Å². The van der Waals surface area contributed by atoms with Crippen molar-refractivity contribution in [2.24, 2.45) is 0 Å². The van der Waals surface area contributed by atoms with E-state index in [-0.39, 0.29) is 11.9 Å². The first-order valence-electron chi connectivity index (χ1n) is 6.40. The number of benzene rings is 1. The van der Waals surface area contributed by atoms with Crippen molar-refractivity contribution in [3.8, 4) is 0 Å². The Labute approximate surface area is 108 Å². The van der Waals surface area contributed by atoms with E-state index in [2.05, 4.69) is 10.6 Å². The summed E-state index contributed by atoms with van der Waals surface area (Å²) < 4.78 is 5.31. The second-order valence-electron chi connectivity index (χ2n) is 4.56. The summed E-state index contributed by atoms with van der Waals surface area (Å²) in [7, 11) is 1.57. The molecule has 98 valence electrons. The Morgan fingerprint density at radius 1 is 1.33 bits per heavy atom. The highest BCUT2D eigenvalue weighted by atomic mass is 16.5. The van der Waals surface area contributed by atoms with Crippen LogP contribution in [0.15, 0.2) is 30.3 Å². The van der Waals surface area contributed by atoms with Gasteiger partial charge in [-0.2, -0.15) is 0 Å². The van der Waals surface area contributed by atoms with Gasteiger partial charge < -0.3 is 15.4 Å². The highest BCUT2D eigenvalue weighted by molar-refractivity contribution is 5.82. The summed E-state index contributed by atoms with van der Waals surface area (Å²) in [6, 6.07) is 9.85. The van der Waals surface area contributed by atoms with Gasteiger partial charge in [0.05, 0.1) is 0 Å². The van der Waals surface area contributed by atoms with Crippen molar-refractivity contribution >= 4 is 5.91 Å². The van der Waals surface area contributed by atoms with Crippen molar-refractivity contribution < 1.29 is 9.53 Å². The third kappa shape index (κ3) is 3.31. The molecule has 1 fully saturated rings. The van der Waals surface area contributed by atoms with Crippen molar-refractivity contribution in [1.82, 2.24) is 10.6 Å². The second-order valence-corrected chi connectivity index (χ2v) is 4.56. The van der Waals surface area contributed by atoms with Crippen LogP contribution in [0.25, 0.3) is 0 Å². The van der Waals surface area contributed by atoms with Gasteiger partial charge in [-0.3, -0.25) is 4.79 Å². The smallest absolute Gasteiger partial charge is 0.253 e. The van der Waals surface area contributed by atoms with Crippen molar-refractivity contribution in [3.63, 3.8) is 0 Å². The van der Waals surface area contributed by atoms with E-state index in [1.54, 1.807) is 7.11 Å². The zero-order valence-corrected chi connectivity index (χ0v) is 10.7. The minimum Gasteiger partial charge on any atom is -0.367 e. The lowest BCUT2D eigenvalue weighted by atomic mass is 10.0. The predicted molar refractivity (Wildman–Crippen MR) is 70.2 cm³/mol. The summed E-state index contributed by atoms with van der Waals surface area (Å²) in [5.74, 6) is -0.0457. The van der Waals surface area contributed by atoms with E-state index in [9.17, 15) is 4.79 Å². The molecule has 0 spiro atoms. The van der Waals surface area contributed by atoms with Crippen molar-refractivity contribution in [1.29, 1.82) is 0 Å². The number of hydrogen-bond donors (Lipinski definition) is 2. The highest BCUT2D eigenvalue weighted by Crippen LogP contribution is 2.17. The number of carbonyl (C=O) groups excluding carboxylic acids is 1. The molecule has 1 aliphatic rings. The van der Waals surface area contributed by atoms with Gasteiger partial charge in [-0.05, 0) is 31.5 Å². The summed E-state index contributed by atoms with van der Waals surface area (Å²) >= 11 is 0. The monoisotopic (exact) mass is 248 g/mol. The number of carbonyl (C=O) groups is 1. The zero-order valence-electron chi connectivity index (χ0n) is 10.7. The molecule has 0 aromatic heterocycles. The highest BCUT2D eigenvalue weighted by Gasteiger charge is 2.23. The van der Waals surface area contributed by atoms with Gasteiger partial charge >= 0.3 is 0 Å². The normalized spacial score (nSPS) is 18.3. The molecule has 4 heteroatoms. The number of amides is 1. The molecule has 0 radical (unpaired) electrons. The van der Waals surface area contributed by atoms with Crippen LogP contribution in [0.1, 0.15) is 24.5 Å². The van der Waals surface area contributed by atoms with Gasteiger partial charge in [-0.25, -0.2) is 0 Å². The summed E-state index contributed by atoms with van der Waals surface area (Å²) in [6.45, 7) is 1.93. The average molecular weight is 248 g/mol. The Morgan fingerprint density at radius 3 is 2.61 bits per heavy atom. The minimum absolute atomic E-state index is 0.0457. The second kappa shape index (κ2) is 6.52. The standard InChI is InChI=1S/C14H20N2O2/c1-18-13(11-5-3-2-4-6-11)14(17)16-12-7-9-15-10-8-12/h2-6,12-13,15H,7-10H2,1H3,(H,16,17)/t13-/m0/s1. The maximum Gasteiger partial charge on any atom is 0.253 e. The first-order valence-corrected chi connectivity index (χ1v) is 6.40. The maximum atomic E-state index is 12.2. The number of hydrogen-bond acceptors (Lipinski definition) is 3.